The molecule has 0 bridgehead atoms. The van der Waals surface area contributed by atoms with Crippen molar-refractivity contribution in [1.29, 1.82) is 0 Å². The van der Waals surface area contributed by atoms with Crippen molar-refractivity contribution in [3.63, 3.8) is 0 Å². The van der Waals surface area contributed by atoms with Gasteiger partial charge in [0.2, 0.25) is 0 Å². The summed E-state index contributed by atoms with van der Waals surface area (Å²) in [6.45, 7) is 12.2. The van der Waals surface area contributed by atoms with Gasteiger partial charge < -0.3 is 15.1 Å². The molecular weight excluding hydrogens is 499 g/mol. The van der Waals surface area contributed by atoms with Crippen molar-refractivity contribution >= 4 is 50.7 Å². The average molecular weight is 531 g/mol. The highest BCUT2D eigenvalue weighted by molar-refractivity contribution is 7.19. The SMILES string of the molecule is CCN1CCc2c(sc3nc(CC(C)C)nc(N4CCN(C(=O)Nc5ccc(F)c(Cl)c5)CC4)c23)C1. The third-order valence-electron chi connectivity index (χ3n) is 6.88. The van der Waals surface area contributed by atoms with E-state index in [1.54, 1.807) is 4.90 Å². The molecule has 0 aliphatic carbocycles. The fourth-order valence-electron chi connectivity index (χ4n) is 4.92. The average Bonchev–Trinajstić information content (AvgIpc) is 3.23. The minimum atomic E-state index is -0.505. The highest BCUT2D eigenvalue weighted by Crippen LogP contribution is 2.39. The summed E-state index contributed by atoms with van der Waals surface area (Å²) < 4.78 is 13.5. The topological polar surface area (TPSA) is 64.6 Å². The zero-order chi connectivity index (χ0) is 25.4. The molecule has 0 spiro atoms. The Kier molecular flexibility index (Phi) is 7.32. The number of rotatable bonds is 5. The molecule has 0 unspecified atom stereocenters. The number of hydrogen-bond donors (Lipinski definition) is 1. The van der Waals surface area contributed by atoms with Crippen molar-refractivity contribution in [2.45, 2.75) is 40.2 Å². The molecule has 192 valence electrons. The number of anilines is 2. The van der Waals surface area contributed by atoms with Crippen LogP contribution in [0.2, 0.25) is 5.02 Å². The zero-order valence-electron chi connectivity index (χ0n) is 21.0. The van der Waals surface area contributed by atoms with Gasteiger partial charge in [-0.1, -0.05) is 32.4 Å². The smallest absolute Gasteiger partial charge is 0.321 e. The number of amides is 2. The van der Waals surface area contributed by atoms with Gasteiger partial charge in [-0.2, -0.15) is 0 Å². The Morgan fingerprint density at radius 1 is 1.19 bits per heavy atom. The molecule has 2 amide bonds. The summed E-state index contributed by atoms with van der Waals surface area (Å²) in [5.41, 5.74) is 1.88. The Balaban J connectivity index is 1.37. The van der Waals surface area contributed by atoms with Crippen molar-refractivity contribution in [3.05, 3.63) is 45.3 Å². The number of carbonyl (C=O) groups excluding carboxylic acids is 1. The van der Waals surface area contributed by atoms with E-state index in [1.807, 2.05) is 11.3 Å². The van der Waals surface area contributed by atoms with Crippen LogP contribution < -0.4 is 10.2 Å². The molecule has 0 atom stereocenters. The van der Waals surface area contributed by atoms with Crippen LogP contribution in [0.3, 0.4) is 0 Å². The molecule has 2 aliphatic rings. The van der Waals surface area contributed by atoms with Crippen molar-refractivity contribution in [1.82, 2.24) is 19.8 Å². The number of fused-ring (bicyclic) bond motifs is 3. The summed E-state index contributed by atoms with van der Waals surface area (Å²) in [5, 5.41) is 4.03. The van der Waals surface area contributed by atoms with Crippen LogP contribution in [-0.2, 0) is 19.4 Å². The van der Waals surface area contributed by atoms with Crippen LogP contribution in [0.25, 0.3) is 10.2 Å². The normalized spacial score (nSPS) is 16.6. The number of nitrogens with one attached hydrogen (secondary N) is 1. The second kappa shape index (κ2) is 10.5. The fraction of sp³-hybridized carbons (Fsp3) is 0.500. The van der Waals surface area contributed by atoms with Crippen LogP contribution in [0.15, 0.2) is 18.2 Å². The number of hydrogen-bond acceptors (Lipinski definition) is 6. The Hall–Kier alpha value is -2.49. The molecule has 7 nitrogen and oxygen atoms in total. The van der Waals surface area contributed by atoms with E-state index in [0.29, 0.717) is 37.8 Å². The van der Waals surface area contributed by atoms with Crippen molar-refractivity contribution in [3.8, 4) is 0 Å². The molecule has 1 N–H and O–H groups in total. The molecule has 0 saturated carbocycles. The lowest BCUT2D eigenvalue weighted by atomic mass is 10.0. The highest BCUT2D eigenvalue weighted by Gasteiger charge is 2.28. The molecule has 2 aromatic heterocycles. The Bertz CT molecular complexity index is 1270. The Morgan fingerprint density at radius 3 is 2.67 bits per heavy atom. The van der Waals surface area contributed by atoms with E-state index in [9.17, 15) is 9.18 Å². The molecule has 3 aromatic rings. The van der Waals surface area contributed by atoms with E-state index in [4.69, 9.17) is 21.6 Å². The van der Waals surface area contributed by atoms with E-state index in [1.165, 1.54) is 34.0 Å². The molecule has 1 saturated heterocycles. The summed E-state index contributed by atoms with van der Waals surface area (Å²) in [6, 6.07) is 3.99. The van der Waals surface area contributed by atoms with Crippen LogP contribution in [0.4, 0.5) is 20.7 Å². The molecule has 2 aliphatic heterocycles. The van der Waals surface area contributed by atoms with Gasteiger partial charge in [0.25, 0.3) is 0 Å². The number of benzene rings is 1. The number of piperazine rings is 1. The molecule has 36 heavy (non-hydrogen) atoms. The summed E-state index contributed by atoms with van der Waals surface area (Å²) in [5.74, 6) is 1.88. The molecule has 1 aromatic carbocycles. The van der Waals surface area contributed by atoms with Gasteiger partial charge in [-0.05, 0) is 42.6 Å². The highest BCUT2D eigenvalue weighted by atomic mass is 35.5. The predicted molar refractivity (Wildman–Crippen MR) is 145 cm³/mol. The molecule has 1 fully saturated rings. The van der Waals surface area contributed by atoms with Gasteiger partial charge in [0.15, 0.2) is 0 Å². The summed E-state index contributed by atoms with van der Waals surface area (Å²) in [4.78, 5) is 32.0. The van der Waals surface area contributed by atoms with Gasteiger partial charge >= 0.3 is 6.03 Å². The van der Waals surface area contributed by atoms with Gasteiger partial charge in [-0.25, -0.2) is 19.2 Å². The maximum absolute atomic E-state index is 13.5. The lowest BCUT2D eigenvalue weighted by Gasteiger charge is -2.36. The maximum atomic E-state index is 13.5. The van der Waals surface area contributed by atoms with E-state index in [2.05, 4.69) is 35.9 Å². The number of urea groups is 1. The van der Waals surface area contributed by atoms with Gasteiger partial charge in [0.05, 0.1) is 10.4 Å². The first-order valence-electron chi connectivity index (χ1n) is 12.6. The zero-order valence-corrected chi connectivity index (χ0v) is 22.6. The number of carbonyl (C=O) groups is 1. The number of likely N-dealkylation sites (N-methyl/N-ethyl adjacent to an activating group) is 1. The van der Waals surface area contributed by atoms with E-state index >= 15 is 0 Å². The molecule has 0 radical (unpaired) electrons. The number of nitrogens with zero attached hydrogens (tertiary/aromatic N) is 5. The minimum absolute atomic E-state index is 0.0104. The van der Waals surface area contributed by atoms with Crippen LogP contribution in [0.1, 0.15) is 37.0 Å². The number of thiophene rings is 1. The van der Waals surface area contributed by atoms with Crippen molar-refractivity contribution in [2.24, 2.45) is 5.92 Å². The maximum Gasteiger partial charge on any atom is 0.321 e. The van der Waals surface area contributed by atoms with Crippen LogP contribution in [-0.4, -0.2) is 65.1 Å². The molecule has 5 rings (SSSR count). The summed E-state index contributed by atoms with van der Waals surface area (Å²) >= 11 is 7.67. The van der Waals surface area contributed by atoms with Gasteiger partial charge in [0, 0.05) is 56.3 Å². The lowest BCUT2D eigenvalue weighted by Crippen LogP contribution is -2.50. The standard InChI is InChI=1S/C26H32ClFN6OS/c1-4-32-8-7-18-21(15-32)36-25-23(18)24(30-22(31-25)13-16(2)3)33-9-11-34(12-10-33)26(35)29-17-5-6-20(28)19(27)14-17/h5-6,14,16H,4,7-13,15H2,1-3H3,(H,29,35). The quantitative estimate of drug-likeness (QED) is 0.477. The van der Waals surface area contributed by atoms with E-state index < -0.39 is 5.82 Å². The van der Waals surface area contributed by atoms with Gasteiger partial charge in [0.1, 0.15) is 22.3 Å². The fourth-order valence-corrected chi connectivity index (χ4v) is 6.38. The van der Waals surface area contributed by atoms with Crippen LogP contribution >= 0.6 is 22.9 Å². The predicted octanol–water partition coefficient (Wildman–Crippen LogP) is 5.41. The minimum Gasteiger partial charge on any atom is -0.352 e. The molecule has 4 heterocycles. The first-order chi connectivity index (χ1) is 17.3. The summed E-state index contributed by atoms with van der Waals surface area (Å²) in [6.07, 6.45) is 1.86. The molecular formula is C26H32ClFN6OS. The third kappa shape index (κ3) is 5.14. The second-order valence-electron chi connectivity index (χ2n) is 9.90. The van der Waals surface area contributed by atoms with Crippen LogP contribution in [0, 0.1) is 11.7 Å². The largest absolute Gasteiger partial charge is 0.352 e. The summed E-state index contributed by atoms with van der Waals surface area (Å²) in [7, 11) is 0. The third-order valence-corrected chi connectivity index (χ3v) is 8.28. The van der Waals surface area contributed by atoms with E-state index in [-0.39, 0.29) is 11.1 Å². The Labute approximate surface area is 220 Å². The lowest BCUT2D eigenvalue weighted by molar-refractivity contribution is 0.208. The number of aromatic nitrogens is 2. The Morgan fingerprint density at radius 2 is 1.97 bits per heavy atom. The first kappa shape index (κ1) is 25.2. The van der Waals surface area contributed by atoms with Crippen LogP contribution in [0.5, 0.6) is 0 Å². The molecule has 10 heteroatoms. The first-order valence-corrected chi connectivity index (χ1v) is 13.8. The van der Waals surface area contributed by atoms with E-state index in [0.717, 1.165) is 48.9 Å². The van der Waals surface area contributed by atoms with Crippen molar-refractivity contribution in [2.75, 3.05) is 49.5 Å². The van der Waals surface area contributed by atoms with Crippen molar-refractivity contribution < 1.29 is 9.18 Å². The van der Waals surface area contributed by atoms with Gasteiger partial charge in [-0.3, -0.25) is 4.90 Å². The monoisotopic (exact) mass is 530 g/mol. The second-order valence-corrected chi connectivity index (χ2v) is 11.4. The van der Waals surface area contributed by atoms with Gasteiger partial charge in [-0.15, -0.1) is 11.3 Å². The number of halogens is 2.